The predicted octanol–water partition coefficient (Wildman–Crippen LogP) is 6.14. The number of benzene rings is 1. The van der Waals surface area contributed by atoms with Crippen molar-refractivity contribution in [2.24, 2.45) is 7.05 Å². The molecule has 0 amide bonds. The van der Waals surface area contributed by atoms with Gasteiger partial charge in [-0.25, -0.2) is 15.0 Å². The molecule has 218 valence electrons. The van der Waals surface area contributed by atoms with Crippen molar-refractivity contribution in [3.63, 3.8) is 0 Å². The van der Waals surface area contributed by atoms with Crippen molar-refractivity contribution in [2.75, 3.05) is 24.4 Å². The average molecular weight is 580 g/mol. The Morgan fingerprint density at radius 1 is 1.00 bits per heavy atom. The molecule has 1 unspecified atom stereocenters. The van der Waals surface area contributed by atoms with Gasteiger partial charge in [0.05, 0.1) is 24.7 Å². The fourth-order valence-corrected chi connectivity index (χ4v) is 5.07. The second-order valence-electron chi connectivity index (χ2n) is 9.84. The van der Waals surface area contributed by atoms with Crippen LogP contribution in [0, 0.1) is 6.92 Å². The highest BCUT2D eigenvalue weighted by Gasteiger charge is 2.32. The fraction of sp³-hybridized carbons (Fsp3) is 0.321. The maximum absolute atomic E-state index is 13.3. The minimum absolute atomic E-state index is 0.00144. The van der Waals surface area contributed by atoms with E-state index in [2.05, 4.69) is 25.8 Å². The quantitative estimate of drug-likeness (QED) is 0.234. The molecule has 0 spiro atoms. The molecule has 6 rings (SSSR count). The lowest BCUT2D eigenvalue weighted by atomic mass is 10.1. The zero-order chi connectivity index (χ0) is 29.4. The largest absolute Gasteiger partial charge is 0.494 e. The lowest BCUT2D eigenvalue weighted by Gasteiger charge is -2.25. The van der Waals surface area contributed by atoms with Crippen LogP contribution < -0.4 is 15.4 Å². The van der Waals surface area contributed by atoms with Crippen LogP contribution in [0.5, 0.6) is 5.75 Å². The van der Waals surface area contributed by atoms with Gasteiger partial charge in [0.1, 0.15) is 40.6 Å². The van der Waals surface area contributed by atoms with E-state index in [1.165, 1.54) is 16.9 Å². The average Bonchev–Trinajstić information content (AvgIpc) is 3.55. The number of nitrogens with one attached hydrogen (secondary N) is 2. The first kappa shape index (κ1) is 27.4. The number of nitrogens with zero attached hydrogens (tertiary/aromatic N) is 7. The second kappa shape index (κ2) is 10.9. The molecule has 0 aliphatic carbocycles. The number of halogens is 3. The molecule has 1 aliphatic heterocycles. The number of aryl methyl sites for hydroxylation is 2. The first-order valence-electron chi connectivity index (χ1n) is 13.3. The molecule has 0 bridgehead atoms. The molecule has 1 aliphatic rings. The van der Waals surface area contributed by atoms with Crippen molar-refractivity contribution in [1.29, 1.82) is 0 Å². The topological polar surface area (TPSA) is 117 Å². The van der Waals surface area contributed by atoms with E-state index in [1.54, 1.807) is 26.4 Å². The molecule has 14 heteroatoms. The zero-order valence-electron chi connectivity index (χ0n) is 23.1. The molecular formula is C28H28F3N9O2. The number of anilines is 4. The summed E-state index contributed by atoms with van der Waals surface area (Å²) in [6.07, 6.45) is -0.449. The Morgan fingerprint density at radius 2 is 1.83 bits per heavy atom. The Balaban J connectivity index is 1.47. The van der Waals surface area contributed by atoms with E-state index in [9.17, 15) is 13.2 Å². The minimum Gasteiger partial charge on any atom is -0.494 e. The van der Waals surface area contributed by atoms with Crippen LogP contribution in [0.2, 0.25) is 0 Å². The molecule has 5 aromatic rings. The van der Waals surface area contributed by atoms with Gasteiger partial charge in [0, 0.05) is 25.3 Å². The molecule has 1 saturated heterocycles. The van der Waals surface area contributed by atoms with Crippen LogP contribution in [-0.2, 0) is 18.0 Å². The lowest BCUT2D eigenvalue weighted by molar-refractivity contribution is -0.141. The van der Waals surface area contributed by atoms with Crippen molar-refractivity contribution in [3.8, 4) is 17.0 Å². The highest BCUT2D eigenvalue weighted by atomic mass is 19.4. The SMILES string of the molecule is COc1c(Nc2cc(Nc3cccc(C(F)(F)F)n3)nc3c2nc(C)n3C2CCCCO2)cccc1-c1cnn(C)n1. The van der Waals surface area contributed by atoms with Crippen molar-refractivity contribution >= 4 is 34.2 Å². The number of imidazole rings is 1. The van der Waals surface area contributed by atoms with Crippen LogP contribution in [0.3, 0.4) is 0 Å². The maximum Gasteiger partial charge on any atom is 0.433 e. The molecule has 1 fully saturated rings. The monoisotopic (exact) mass is 579 g/mol. The van der Waals surface area contributed by atoms with Crippen LogP contribution in [0.1, 0.15) is 37.0 Å². The van der Waals surface area contributed by atoms with Crippen molar-refractivity contribution in [1.82, 2.24) is 34.5 Å². The number of alkyl halides is 3. The Kier molecular flexibility index (Phi) is 7.14. The number of para-hydroxylation sites is 1. The maximum atomic E-state index is 13.3. The molecule has 0 saturated carbocycles. The number of methoxy groups -OCH3 is 1. The van der Waals surface area contributed by atoms with E-state index in [4.69, 9.17) is 19.4 Å². The Hall–Kier alpha value is -4.72. The molecule has 2 N–H and O–H groups in total. The summed E-state index contributed by atoms with van der Waals surface area (Å²) in [4.78, 5) is 14.8. The van der Waals surface area contributed by atoms with Gasteiger partial charge < -0.3 is 20.1 Å². The van der Waals surface area contributed by atoms with Gasteiger partial charge in [0.2, 0.25) is 0 Å². The number of rotatable bonds is 7. The summed E-state index contributed by atoms with van der Waals surface area (Å²) >= 11 is 0. The lowest BCUT2D eigenvalue weighted by Crippen LogP contribution is -2.19. The van der Waals surface area contributed by atoms with Gasteiger partial charge in [-0.3, -0.25) is 4.57 Å². The summed E-state index contributed by atoms with van der Waals surface area (Å²) in [5.41, 5.74) is 2.61. The molecular weight excluding hydrogens is 551 g/mol. The van der Waals surface area contributed by atoms with Crippen LogP contribution in [0.25, 0.3) is 22.4 Å². The normalized spacial score (nSPS) is 15.6. The second-order valence-corrected chi connectivity index (χ2v) is 9.84. The third-order valence-electron chi connectivity index (χ3n) is 6.93. The number of ether oxygens (including phenoxy) is 2. The summed E-state index contributed by atoms with van der Waals surface area (Å²) in [5, 5.41) is 14.9. The van der Waals surface area contributed by atoms with E-state index in [1.807, 2.05) is 29.7 Å². The number of fused-ring (bicyclic) bond motifs is 1. The highest BCUT2D eigenvalue weighted by molar-refractivity contribution is 5.92. The smallest absolute Gasteiger partial charge is 0.433 e. The molecule has 0 radical (unpaired) electrons. The Bertz CT molecular complexity index is 1740. The van der Waals surface area contributed by atoms with Gasteiger partial charge >= 0.3 is 6.18 Å². The standard InChI is InChI=1S/C28H28F3N9O2/c1-16-33-25-19(34-18-9-6-8-17(26(18)41-3)20-15-32-39(2)38-20)14-23(36-22-11-7-10-21(35-22)28(29,30)31)37-27(25)40(16)24-12-4-5-13-42-24/h6-11,14-15,24H,4-5,12-13H2,1-3H3,(H2,34,35,36,37). The fourth-order valence-electron chi connectivity index (χ4n) is 5.07. The summed E-state index contributed by atoms with van der Waals surface area (Å²) in [7, 11) is 3.29. The number of hydrogen-bond acceptors (Lipinski definition) is 9. The van der Waals surface area contributed by atoms with Gasteiger partial charge in [0.15, 0.2) is 11.4 Å². The number of hydrogen-bond donors (Lipinski definition) is 2. The third kappa shape index (κ3) is 5.32. The molecule has 4 aromatic heterocycles. The highest BCUT2D eigenvalue weighted by Crippen LogP contribution is 2.40. The summed E-state index contributed by atoms with van der Waals surface area (Å²) in [6, 6.07) is 10.9. The minimum atomic E-state index is -4.58. The van der Waals surface area contributed by atoms with E-state index in [-0.39, 0.29) is 17.9 Å². The van der Waals surface area contributed by atoms with Crippen molar-refractivity contribution in [3.05, 3.63) is 60.2 Å². The summed E-state index contributed by atoms with van der Waals surface area (Å²) in [6.45, 7) is 2.49. The van der Waals surface area contributed by atoms with Gasteiger partial charge in [-0.15, -0.1) is 0 Å². The van der Waals surface area contributed by atoms with Crippen LogP contribution >= 0.6 is 0 Å². The van der Waals surface area contributed by atoms with Crippen molar-refractivity contribution in [2.45, 2.75) is 38.6 Å². The third-order valence-corrected chi connectivity index (χ3v) is 6.93. The van der Waals surface area contributed by atoms with Crippen LogP contribution in [-0.4, -0.2) is 48.2 Å². The van der Waals surface area contributed by atoms with Gasteiger partial charge in [-0.2, -0.15) is 28.2 Å². The number of pyridine rings is 2. The first-order valence-corrected chi connectivity index (χ1v) is 13.3. The van der Waals surface area contributed by atoms with Gasteiger partial charge in [-0.05, 0) is 50.5 Å². The molecule has 5 heterocycles. The van der Waals surface area contributed by atoms with Gasteiger partial charge in [0.25, 0.3) is 0 Å². The van der Waals surface area contributed by atoms with E-state index in [0.717, 1.165) is 30.9 Å². The van der Waals surface area contributed by atoms with Crippen LogP contribution in [0.15, 0.2) is 48.7 Å². The Morgan fingerprint density at radius 3 is 2.55 bits per heavy atom. The molecule has 1 aromatic carbocycles. The Labute approximate surface area is 238 Å². The predicted molar refractivity (Wildman–Crippen MR) is 150 cm³/mol. The summed E-state index contributed by atoms with van der Waals surface area (Å²) < 4.78 is 53.8. The van der Waals surface area contributed by atoms with E-state index >= 15 is 0 Å². The van der Waals surface area contributed by atoms with Crippen LogP contribution in [0.4, 0.5) is 36.2 Å². The zero-order valence-corrected chi connectivity index (χ0v) is 23.1. The number of aromatic nitrogens is 7. The molecule has 11 nitrogen and oxygen atoms in total. The van der Waals surface area contributed by atoms with Gasteiger partial charge in [-0.1, -0.05) is 12.1 Å². The summed E-state index contributed by atoms with van der Waals surface area (Å²) in [5.74, 6) is 1.50. The van der Waals surface area contributed by atoms with E-state index < -0.39 is 11.9 Å². The van der Waals surface area contributed by atoms with Crippen molar-refractivity contribution < 1.29 is 22.6 Å². The molecule has 42 heavy (non-hydrogen) atoms. The van der Waals surface area contributed by atoms with E-state index in [0.29, 0.717) is 46.4 Å². The first-order chi connectivity index (χ1) is 20.2. The molecule has 1 atom stereocenters.